The summed E-state index contributed by atoms with van der Waals surface area (Å²) in [6.45, 7) is 4.48. The van der Waals surface area contributed by atoms with Crippen LogP contribution in [-0.2, 0) is 6.42 Å². The Bertz CT molecular complexity index is 423. The maximum absolute atomic E-state index is 12.0. The van der Waals surface area contributed by atoms with Gasteiger partial charge < -0.3 is 15.3 Å². The number of benzene rings is 1. The molecule has 20 heavy (non-hydrogen) atoms. The lowest BCUT2D eigenvalue weighted by Crippen LogP contribution is -2.45. The number of carbonyl (C=O) groups excluding carboxylic acids is 1. The fourth-order valence-electron chi connectivity index (χ4n) is 2.50. The molecule has 4 nitrogen and oxygen atoms in total. The first-order valence-corrected chi connectivity index (χ1v) is 7.38. The van der Waals surface area contributed by atoms with Crippen molar-refractivity contribution in [1.29, 1.82) is 0 Å². The minimum Gasteiger partial charge on any atom is -0.396 e. The molecule has 0 aliphatic carbocycles. The third-order valence-electron chi connectivity index (χ3n) is 3.97. The number of rotatable bonds is 4. The van der Waals surface area contributed by atoms with Crippen LogP contribution in [0, 0.1) is 12.8 Å². The molecular weight excluding hydrogens is 252 g/mol. The molecule has 2 amide bonds. The van der Waals surface area contributed by atoms with Crippen molar-refractivity contribution in [2.45, 2.75) is 26.2 Å². The second kappa shape index (κ2) is 7.29. The number of carbonyl (C=O) groups is 1. The molecule has 1 aromatic rings. The van der Waals surface area contributed by atoms with Crippen molar-refractivity contribution < 1.29 is 9.90 Å². The van der Waals surface area contributed by atoms with Gasteiger partial charge in [0.25, 0.3) is 0 Å². The van der Waals surface area contributed by atoms with E-state index >= 15 is 0 Å². The first-order valence-electron chi connectivity index (χ1n) is 7.38. The van der Waals surface area contributed by atoms with Crippen molar-refractivity contribution >= 4 is 6.03 Å². The van der Waals surface area contributed by atoms with E-state index in [9.17, 15) is 4.79 Å². The van der Waals surface area contributed by atoms with Crippen LogP contribution in [0.3, 0.4) is 0 Å². The Kier molecular flexibility index (Phi) is 5.41. The minimum absolute atomic E-state index is 0.0218. The van der Waals surface area contributed by atoms with E-state index in [1.54, 1.807) is 0 Å². The van der Waals surface area contributed by atoms with Crippen LogP contribution in [0.25, 0.3) is 0 Å². The molecule has 0 radical (unpaired) electrons. The van der Waals surface area contributed by atoms with Gasteiger partial charge in [-0.25, -0.2) is 4.79 Å². The van der Waals surface area contributed by atoms with Crippen molar-refractivity contribution in [2.75, 3.05) is 26.2 Å². The number of aryl methyl sites for hydroxylation is 1. The highest BCUT2D eigenvalue weighted by molar-refractivity contribution is 5.74. The average Bonchev–Trinajstić information content (AvgIpc) is 2.49. The molecule has 110 valence electrons. The number of aliphatic hydroxyl groups is 1. The number of likely N-dealkylation sites (tertiary alicyclic amines) is 1. The molecule has 1 saturated heterocycles. The van der Waals surface area contributed by atoms with Crippen LogP contribution in [-0.4, -0.2) is 42.3 Å². The predicted molar refractivity (Wildman–Crippen MR) is 79.7 cm³/mol. The van der Waals surface area contributed by atoms with Crippen molar-refractivity contribution in [3.05, 3.63) is 35.4 Å². The molecule has 1 aliphatic heterocycles. The summed E-state index contributed by atoms with van der Waals surface area (Å²) in [4.78, 5) is 13.8. The Morgan fingerprint density at radius 2 is 1.95 bits per heavy atom. The Morgan fingerprint density at radius 1 is 1.30 bits per heavy atom. The second-order valence-corrected chi connectivity index (χ2v) is 5.58. The van der Waals surface area contributed by atoms with E-state index in [2.05, 4.69) is 36.5 Å². The average molecular weight is 276 g/mol. The number of aliphatic hydroxyl groups excluding tert-OH is 1. The summed E-state index contributed by atoms with van der Waals surface area (Å²) in [5.41, 5.74) is 2.50. The van der Waals surface area contributed by atoms with E-state index in [1.165, 1.54) is 11.1 Å². The van der Waals surface area contributed by atoms with Gasteiger partial charge in [-0.15, -0.1) is 0 Å². The summed E-state index contributed by atoms with van der Waals surface area (Å²) in [7, 11) is 0. The zero-order valence-corrected chi connectivity index (χ0v) is 12.1. The molecule has 2 rings (SSSR count). The van der Waals surface area contributed by atoms with Gasteiger partial charge in [-0.3, -0.25) is 0 Å². The minimum atomic E-state index is 0.0218. The largest absolute Gasteiger partial charge is 0.396 e. The summed E-state index contributed by atoms with van der Waals surface area (Å²) >= 11 is 0. The molecule has 0 aromatic heterocycles. The number of piperidine rings is 1. The zero-order chi connectivity index (χ0) is 14.4. The molecule has 4 heteroatoms. The van der Waals surface area contributed by atoms with Crippen LogP contribution in [0.4, 0.5) is 4.79 Å². The van der Waals surface area contributed by atoms with Crippen LogP contribution < -0.4 is 5.32 Å². The van der Waals surface area contributed by atoms with Gasteiger partial charge >= 0.3 is 6.03 Å². The van der Waals surface area contributed by atoms with E-state index in [0.717, 1.165) is 32.4 Å². The van der Waals surface area contributed by atoms with E-state index in [1.807, 2.05) is 4.90 Å². The number of nitrogens with one attached hydrogen (secondary N) is 1. The number of amides is 2. The molecule has 0 unspecified atom stereocenters. The molecule has 2 N–H and O–H groups in total. The lowest BCUT2D eigenvalue weighted by molar-refractivity contribution is 0.137. The first-order chi connectivity index (χ1) is 9.69. The Balaban J connectivity index is 1.69. The second-order valence-electron chi connectivity index (χ2n) is 5.58. The smallest absolute Gasteiger partial charge is 0.317 e. The Labute approximate surface area is 120 Å². The van der Waals surface area contributed by atoms with E-state index < -0.39 is 0 Å². The van der Waals surface area contributed by atoms with Gasteiger partial charge in [-0.2, -0.15) is 0 Å². The number of urea groups is 1. The maximum Gasteiger partial charge on any atom is 0.317 e. The molecule has 1 heterocycles. The maximum atomic E-state index is 12.0. The molecule has 1 aliphatic rings. The summed E-state index contributed by atoms with van der Waals surface area (Å²) in [5, 5.41) is 12.1. The molecule has 0 spiro atoms. The summed E-state index contributed by atoms with van der Waals surface area (Å²) in [5.74, 6) is 0.367. The lowest BCUT2D eigenvalue weighted by atomic mass is 9.98. The summed E-state index contributed by atoms with van der Waals surface area (Å²) in [6.07, 6.45) is 2.67. The van der Waals surface area contributed by atoms with Crippen molar-refractivity contribution in [1.82, 2.24) is 10.2 Å². The Morgan fingerprint density at radius 3 is 2.55 bits per heavy atom. The first kappa shape index (κ1) is 14.9. The molecule has 1 aromatic carbocycles. The SMILES string of the molecule is Cc1ccc(CCNC(=O)N2CCC(CO)CC2)cc1. The highest BCUT2D eigenvalue weighted by Crippen LogP contribution is 2.16. The number of hydrogen-bond donors (Lipinski definition) is 2. The van der Waals surface area contributed by atoms with Gasteiger partial charge in [-0.1, -0.05) is 29.8 Å². The molecular formula is C16H24N2O2. The van der Waals surface area contributed by atoms with Gasteiger partial charge in [0.2, 0.25) is 0 Å². The summed E-state index contributed by atoms with van der Waals surface area (Å²) in [6, 6.07) is 8.42. The topological polar surface area (TPSA) is 52.6 Å². The lowest BCUT2D eigenvalue weighted by Gasteiger charge is -2.31. The fraction of sp³-hybridized carbons (Fsp3) is 0.562. The fourth-order valence-corrected chi connectivity index (χ4v) is 2.50. The van der Waals surface area contributed by atoms with Crippen LogP contribution in [0.2, 0.25) is 0 Å². The van der Waals surface area contributed by atoms with Gasteiger partial charge in [0.1, 0.15) is 0 Å². The van der Waals surface area contributed by atoms with Crippen LogP contribution >= 0.6 is 0 Å². The molecule has 0 saturated carbocycles. The third kappa shape index (κ3) is 4.23. The standard InChI is InChI=1S/C16H24N2O2/c1-13-2-4-14(5-3-13)6-9-17-16(20)18-10-7-15(12-19)8-11-18/h2-5,15,19H,6-12H2,1H3,(H,17,20). The van der Waals surface area contributed by atoms with E-state index in [0.29, 0.717) is 12.5 Å². The van der Waals surface area contributed by atoms with Crippen LogP contribution in [0.5, 0.6) is 0 Å². The van der Waals surface area contributed by atoms with Crippen LogP contribution in [0.1, 0.15) is 24.0 Å². The van der Waals surface area contributed by atoms with Crippen molar-refractivity contribution in [3.63, 3.8) is 0 Å². The van der Waals surface area contributed by atoms with E-state index in [4.69, 9.17) is 5.11 Å². The normalized spacial score (nSPS) is 16.2. The van der Waals surface area contributed by atoms with Gasteiger partial charge in [0.15, 0.2) is 0 Å². The molecule has 1 fully saturated rings. The van der Waals surface area contributed by atoms with Gasteiger partial charge in [0.05, 0.1) is 0 Å². The quantitative estimate of drug-likeness (QED) is 0.883. The van der Waals surface area contributed by atoms with Crippen LogP contribution in [0.15, 0.2) is 24.3 Å². The highest BCUT2D eigenvalue weighted by Gasteiger charge is 2.21. The van der Waals surface area contributed by atoms with Crippen molar-refractivity contribution in [2.24, 2.45) is 5.92 Å². The van der Waals surface area contributed by atoms with Crippen molar-refractivity contribution in [3.8, 4) is 0 Å². The highest BCUT2D eigenvalue weighted by atomic mass is 16.3. The third-order valence-corrected chi connectivity index (χ3v) is 3.97. The monoisotopic (exact) mass is 276 g/mol. The number of hydrogen-bond acceptors (Lipinski definition) is 2. The van der Waals surface area contributed by atoms with Gasteiger partial charge in [0, 0.05) is 26.2 Å². The predicted octanol–water partition coefficient (Wildman–Crippen LogP) is 1.95. The van der Waals surface area contributed by atoms with E-state index in [-0.39, 0.29) is 12.6 Å². The molecule has 0 bridgehead atoms. The molecule has 0 atom stereocenters. The zero-order valence-electron chi connectivity index (χ0n) is 12.1. The summed E-state index contributed by atoms with van der Waals surface area (Å²) < 4.78 is 0. The van der Waals surface area contributed by atoms with Gasteiger partial charge in [-0.05, 0) is 37.7 Å². The Hall–Kier alpha value is -1.55. The number of nitrogens with zero attached hydrogens (tertiary/aromatic N) is 1.